The number of carbonyl (C=O) groups is 3. The molecule has 36 heavy (non-hydrogen) atoms. The van der Waals surface area contributed by atoms with E-state index >= 15 is 0 Å². The van der Waals surface area contributed by atoms with Crippen molar-refractivity contribution >= 4 is 23.5 Å². The Morgan fingerprint density at radius 2 is 1.97 bits per heavy atom. The fourth-order valence-electron chi connectivity index (χ4n) is 3.60. The Morgan fingerprint density at radius 1 is 1.22 bits per heavy atom. The van der Waals surface area contributed by atoms with Gasteiger partial charge in [0, 0.05) is 51.5 Å². The van der Waals surface area contributed by atoms with Crippen LogP contribution in [0.4, 0.5) is 5.69 Å². The normalized spacial score (nSPS) is 20.0. The zero-order valence-corrected chi connectivity index (χ0v) is 21.4. The number of amides is 2. The van der Waals surface area contributed by atoms with Gasteiger partial charge in [0.1, 0.15) is 5.75 Å². The fraction of sp³-hybridized carbons (Fsp3) is 0.640. The number of rotatable bonds is 14. The lowest BCUT2D eigenvalue weighted by molar-refractivity contribution is -0.195. The van der Waals surface area contributed by atoms with Crippen LogP contribution in [0.15, 0.2) is 18.2 Å². The van der Waals surface area contributed by atoms with Crippen LogP contribution in [0.3, 0.4) is 0 Å². The molecule has 1 aromatic carbocycles. The van der Waals surface area contributed by atoms with Gasteiger partial charge in [-0.3, -0.25) is 9.59 Å². The summed E-state index contributed by atoms with van der Waals surface area (Å²) in [5.41, 5.74) is 0.491. The molecule has 1 aliphatic rings. The highest BCUT2D eigenvalue weighted by molar-refractivity contribution is 5.93. The highest BCUT2D eigenvalue weighted by atomic mass is 16.7. The number of nitrogens with one attached hydrogen (secondary N) is 2. The number of methoxy groups -OCH3 is 1. The van der Waals surface area contributed by atoms with Gasteiger partial charge in [-0.15, -0.1) is 0 Å². The minimum absolute atomic E-state index is 0.0281. The second kappa shape index (κ2) is 14.1. The van der Waals surface area contributed by atoms with E-state index < -0.39 is 29.9 Å². The van der Waals surface area contributed by atoms with Gasteiger partial charge in [0.2, 0.25) is 18.1 Å². The topological polar surface area (TPSA) is 153 Å². The number of hydrogen-bond acceptors (Lipinski definition) is 8. The van der Waals surface area contributed by atoms with Crippen LogP contribution in [0.1, 0.15) is 52.0 Å². The molecule has 1 aromatic rings. The van der Waals surface area contributed by atoms with Crippen molar-refractivity contribution in [1.29, 1.82) is 0 Å². The molecule has 2 rings (SSSR count). The first kappa shape index (κ1) is 29.5. The molecule has 0 spiro atoms. The Bertz CT molecular complexity index is 890. The molecular formula is C25H38N2O9. The molecular weight excluding hydrogens is 472 g/mol. The molecule has 0 aliphatic carbocycles. The van der Waals surface area contributed by atoms with E-state index in [0.29, 0.717) is 31.9 Å². The van der Waals surface area contributed by atoms with Crippen LogP contribution < -0.4 is 15.4 Å². The number of carboxylic acids is 1. The minimum Gasteiger partial charge on any atom is -0.479 e. The molecule has 11 nitrogen and oxygen atoms in total. The van der Waals surface area contributed by atoms with Crippen LogP contribution in [-0.2, 0) is 35.2 Å². The maximum Gasteiger partial charge on any atom is 0.333 e. The molecule has 0 bridgehead atoms. The van der Waals surface area contributed by atoms with Crippen LogP contribution in [0, 0.1) is 5.41 Å². The van der Waals surface area contributed by atoms with Gasteiger partial charge in [-0.05, 0) is 31.0 Å². The zero-order chi connectivity index (χ0) is 26.7. The van der Waals surface area contributed by atoms with E-state index in [1.807, 2.05) is 20.8 Å². The molecule has 3 atom stereocenters. The fourth-order valence-corrected chi connectivity index (χ4v) is 3.60. The SMILES string of the molecule is CCOCCC(C)(C)C(=O)NCCC(=O)Nc1cc(COC)ccc1O[C@H]1C[C@@H](O)C[C@@H](C(=O)O)O1. The highest BCUT2D eigenvalue weighted by Crippen LogP contribution is 2.30. The number of hydrogen-bond donors (Lipinski definition) is 4. The molecule has 1 fully saturated rings. The third-order valence-corrected chi connectivity index (χ3v) is 5.76. The van der Waals surface area contributed by atoms with Gasteiger partial charge < -0.3 is 39.8 Å². The maximum atomic E-state index is 12.6. The average Bonchev–Trinajstić information content (AvgIpc) is 2.80. The van der Waals surface area contributed by atoms with E-state index in [4.69, 9.17) is 18.9 Å². The number of aliphatic hydroxyl groups excluding tert-OH is 1. The lowest BCUT2D eigenvalue weighted by Crippen LogP contribution is -2.42. The number of benzene rings is 1. The van der Waals surface area contributed by atoms with Crippen LogP contribution in [0.2, 0.25) is 0 Å². The Morgan fingerprint density at radius 3 is 2.64 bits per heavy atom. The Balaban J connectivity index is 2.00. The van der Waals surface area contributed by atoms with E-state index in [2.05, 4.69) is 10.6 Å². The number of anilines is 1. The van der Waals surface area contributed by atoms with Gasteiger partial charge in [0.05, 0.1) is 18.4 Å². The molecule has 0 radical (unpaired) electrons. The van der Waals surface area contributed by atoms with Gasteiger partial charge in [-0.25, -0.2) is 4.79 Å². The average molecular weight is 511 g/mol. The molecule has 1 heterocycles. The largest absolute Gasteiger partial charge is 0.479 e. The molecule has 202 valence electrons. The lowest BCUT2D eigenvalue weighted by Gasteiger charge is -2.31. The number of carbonyl (C=O) groups excluding carboxylic acids is 2. The molecule has 2 amide bonds. The van der Waals surface area contributed by atoms with Gasteiger partial charge in [0.25, 0.3) is 0 Å². The summed E-state index contributed by atoms with van der Waals surface area (Å²) in [7, 11) is 1.55. The summed E-state index contributed by atoms with van der Waals surface area (Å²) in [5, 5.41) is 24.8. The van der Waals surface area contributed by atoms with Crippen molar-refractivity contribution in [2.45, 2.75) is 71.6 Å². The molecule has 4 N–H and O–H groups in total. The van der Waals surface area contributed by atoms with Crippen molar-refractivity contribution < 1.29 is 43.5 Å². The zero-order valence-electron chi connectivity index (χ0n) is 21.4. The molecule has 1 saturated heterocycles. The molecule has 0 unspecified atom stereocenters. The third-order valence-electron chi connectivity index (χ3n) is 5.76. The second-order valence-corrected chi connectivity index (χ2v) is 9.28. The van der Waals surface area contributed by atoms with Crippen molar-refractivity contribution in [1.82, 2.24) is 5.32 Å². The van der Waals surface area contributed by atoms with Crippen LogP contribution >= 0.6 is 0 Å². The summed E-state index contributed by atoms with van der Waals surface area (Å²) in [6, 6.07) is 5.04. The predicted octanol–water partition coefficient (Wildman–Crippen LogP) is 2.06. The molecule has 11 heteroatoms. The van der Waals surface area contributed by atoms with E-state index in [1.165, 1.54) is 0 Å². The quantitative estimate of drug-likeness (QED) is 0.276. The summed E-state index contributed by atoms with van der Waals surface area (Å²) in [4.78, 5) is 36.4. The third kappa shape index (κ3) is 9.38. The first-order valence-corrected chi connectivity index (χ1v) is 12.1. The van der Waals surface area contributed by atoms with Crippen molar-refractivity contribution in [3.8, 4) is 5.75 Å². The lowest BCUT2D eigenvalue weighted by atomic mass is 9.88. The highest BCUT2D eigenvalue weighted by Gasteiger charge is 2.34. The van der Waals surface area contributed by atoms with E-state index in [0.717, 1.165) is 5.56 Å². The summed E-state index contributed by atoms with van der Waals surface area (Å²) < 4.78 is 21.8. The molecule has 0 aromatic heterocycles. The number of ether oxygens (including phenoxy) is 4. The summed E-state index contributed by atoms with van der Waals surface area (Å²) >= 11 is 0. The van der Waals surface area contributed by atoms with E-state index in [1.54, 1.807) is 25.3 Å². The van der Waals surface area contributed by atoms with E-state index in [-0.39, 0.29) is 43.4 Å². The number of carboxylic acid groups (broad SMARTS) is 1. The summed E-state index contributed by atoms with van der Waals surface area (Å²) in [6.07, 6.45) is -2.44. The standard InChI is InChI=1S/C25H38N2O9/c1-5-34-11-9-25(2,3)24(32)26-10-8-21(29)27-18-12-16(15-33-4)6-7-19(18)35-22-14-17(28)13-20(36-22)23(30)31/h6-7,12,17,20,22,28H,5,8-11,13-15H2,1-4H3,(H,26,32)(H,27,29)(H,30,31)/t17-,20-,22+/m0/s1. The summed E-state index contributed by atoms with van der Waals surface area (Å²) in [6.45, 7) is 7.06. The molecule has 1 aliphatic heterocycles. The van der Waals surface area contributed by atoms with Crippen LogP contribution in [0.25, 0.3) is 0 Å². The minimum atomic E-state index is -1.19. The van der Waals surface area contributed by atoms with Crippen molar-refractivity contribution in [3.05, 3.63) is 23.8 Å². The van der Waals surface area contributed by atoms with Gasteiger partial charge in [-0.2, -0.15) is 0 Å². The van der Waals surface area contributed by atoms with Crippen LogP contribution in [-0.4, -0.2) is 73.4 Å². The molecule has 0 saturated carbocycles. The predicted molar refractivity (Wildman–Crippen MR) is 130 cm³/mol. The number of aliphatic carboxylic acids is 1. The van der Waals surface area contributed by atoms with E-state index in [9.17, 15) is 24.6 Å². The second-order valence-electron chi connectivity index (χ2n) is 9.28. The number of aliphatic hydroxyl groups is 1. The van der Waals surface area contributed by atoms with Gasteiger partial charge in [0.15, 0.2) is 6.10 Å². The first-order valence-electron chi connectivity index (χ1n) is 12.1. The monoisotopic (exact) mass is 510 g/mol. The van der Waals surface area contributed by atoms with Gasteiger partial charge in [-0.1, -0.05) is 19.9 Å². The Hall–Kier alpha value is -2.73. The van der Waals surface area contributed by atoms with Crippen molar-refractivity contribution in [3.63, 3.8) is 0 Å². The first-order chi connectivity index (χ1) is 17.1. The summed E-state index contributed by atoms with van der Waals surface area (Å²) in [5.74, 6) is -1.45. The maximum absolute atomic E-state index is 12.6. The smallest absolute Gasteiger partial charge is 0.333 e. The Labute approximate surface area is 211 Å². The Kier molecular flexibility index (Phi) is 11.6. The van der Waals surface area contributed by atoms with Crippen LogP contribution in [0.5, 0.6) is 5.75 Å². The van der Waals surface area contributed by atoms with Gasteiger partial charge >= 0.3 is 5.97 Å². The van der Waals surface area contributed by atoms with Crippen molar-refractivity contribution in [2.75, 3.05) is 32.2 Å². The van der Waals surface area contributed by atoms with Crippen molar-refractivity contribution in [2.24, 2.45) is 5.41 Å².